The quantitative estimate of drug-likeness (QED) is 0.564. The number of nitrogens with zero attached hydrogens (tertiary/aromatic N) is 3. The summed E-state index contributed by atoms with van der Waals surface area (Å²) in [7, 11) is 0. The minimum absolute atomic E-state index is 0.0706. The Morgan fingerprint density at radius 2 is 1.85 bits per heavy atom. The van der Waals surface area contributed by atoms with Crippen LogP contribution in [0.25, 0.3) is 0 Å². The van der Waals surface area contributed by atoms with Gasteiger partial charge >= 0.3 is 12.4 Å². The van der Waals surface area contributed by atoms with Crippen molar-refractivity contribution in [3.05, 3.63) is 65.0 Å². The topological polar surface area (TPSA) is 97.6 Å². The second-order valence-electron chi connectivity index (χ2n) is 7.24. The van der Waals surface area contributed by atoms with Gasteiger partial charge in [-0.25, -0.2) is 0 Å². The number of carbonyl (C=O) groups is 2. The Labute approximate surface area is 190 Å². The van der Waals surface area contributed by atoms with Crippen LogP contribution in [0.4, 0.5) is 24.9 Å². The van der Waals surface area contributed by atoms with Crippen LogP contribution in [0.5, 0.6) is 5.75 Å². The first kappa shape index (κ1) is 22.6. The average molecular weight is 481 g/mol. The van der Waals surface area contributed by atoms with Gasteiger partial charge in [-0.3, -0.25) is 14.9 Å². The van der Waals surface area contributed by atoms with Crippen molar-refractivity contribution in [3.8, 4) is 5.75 Å². The number of alkyl halides is 3. The predicted octanol–water partition coefficient (Wildman–Crippen LogP) is 4.32. The lowest BCUT2D eigenvalue weighted by Crippen LogP contribution is -2.24. The molecule has 1 aromatic heterocycles. The normalized spacial score (nSPS) is 16.2. The van der Waals surface area contributed by atoms with Gasteiger partial charge in [0, 0.05) is 23.7 Å². The summed E-state index contributed by atoms with van der Waals surface area (Å²) in [6.45, 7) is 0.193. The van der Waals surface area contributed by atoms with E-state index in [1.54, 1.807) is 24.3 Å². The summed E-state index contributed by atoms with van der Waals surface area (Å²) < 4.78 is 46.3. The van der Waals surface area contributed by atoms with Crippen molar-refractivity contribution in [1.29, 1.82) is 0 Å². The van der Waals surface area contributed by atoms with Gasteiger partial charge < -0.3 is 14.1 Å². The van der Waals surface area contributed by atoms with E-state index in [4.69, 9.17) is 16.0 Å². The minimum Gasteiger partial charge on any atom is -0.407 e. The molecule has 1 fully saturated rings. The van der Waals surface area contributed by atoms with E-state index in [9.17, 15) is 22.8 Å². The highest BCUT2D eigenvalue weighted by Crippen LogP contribution is 2.33. The maximum Gasteiger partial charge on any atom is 0.573 e. The first-order valence-corrected chi connectivity index (χ1v) is 10.1. The summed E-state index contributed by atoms with van der Waals surface area (Å²) in [5.41, 5.74) is 1.16. The summed E-state index contributed by atoms with van der Waals surface area (Å²) >= 11 is 5.82. The van der Waals surface area contributed by atoms with Gasteiger partial charge in [-0.1, -0.05) is 28.8 Å². The zero-order chi connectivity index (χ0) is 23.6. The number of ether oxygens (including phenoxy) is 1. The van der Waals surface area contributed by atoms with E-state index in [0.717, 1.165) is 17.7 Å². The van der Waals surface area contributed by atoms with Crippen molar-refractivity contribution in [2.24, 2.45) is 0 Å². The zero-order valence-corrected chi connectivity index (χ0v) is 17.6. The predicted molar refractivity (Wildman–Crippen MR) is 111 cm³/mol. The molecule has 8 nitrogen and oxygen atoms in total. The highest BCUT2D eigenvalue weighted by molar-refractivity contribution is 6.30. The number of aromatic nitrogens is 2. The molecule has 0 radical (unpaired) electrons. The molecule has 1 N–H and O–H groups in total. The molecule has 2 amide bonds. The molecule has 0 saturated carbocycles. The smallest absolute Gasteiger partial charge is 0.407 e. The SMILES string of the molecule is O=C(Cc1ccc(Cl)cc1)Nc1nnc(C2CC(=O)N(c3ccc(OC(F)(F)F)cc3)C2)o1. The molecule has 3 aromatic rings. The van der Waals surface area contributed by atoms with Gasteiger partial charge in [-0.2, -0.15) is 0 Å². The fourth-order valence-electron chi connectivity index (χ4n) is 3.35. The van der Waals surface area contributed by atoms with Gasteiger partial charge in [0.1, 0.15) is 5.75 Å². The van der Waals surface area contributed by atoms with E-state index in [2.05, 4.69) is 20.3 Å². The van der Waals surface area contributed by atoms with Crippen molar-refractivity contribution < 1.29 is 31.9 Å². The Morgan fingerprint density at radius 3 is 2.52 bits per heavy atom. The van der Waals surface area contributed by atoms with E-state index in [1.165, 1.54) is 17.0 Å². The lowest BCUT2D eigenvalue weighted by molar-refractivity contribution is -0.274. The van der Waals surface area contributed by atoms with E-state index in [1.807, 2.05) is 0 Å². The molecular formula is C21H16ClF3N4O4. The summed E-state index contributed by atoms with van der Waals surface area (Å²) in [5.74, 6) is -1.26. The molecule has 2 aromatic carbocycles. The Morgan fingerprint density at radius 1 is 1.15 bits per heavy atom. The lowest BCUT2D eigenvalue weighted by atomic mass is 10.1. The van der Waals surface area contributed by atoms with Gasteiger partial charge in [-0.15, -0.1) is 18.3 Å². The third-order valence-electron chi connectivity index (χ3n) is 4.82. The minimum atomic E-state index is -4.80. The van der Waals surface area contributed by atoms with Crippen LogP contribution in [0.1, 0.15) is 23.8 Å². The number of rotatable bonds is 6. The van der Waals surface area contributed by atoms with Crippen molar-refractivity contribution >= 4 is 35.1 Å². The number of carbonyl (C=O) groups excluding carboxylic acids is 2. The Bertz CT molecular complexity index is 1150. The van der Waals surface area contributed by atoms with Crippen LogP contribution < -0.4 is 15.0 Å². The fraction of sp³-hybridized carbons (Fsp3) is 0.238. The van der Waals surface area contributed by atoms with Gasteiger partial charge in [0.25, 0.3) is 0 Å². The van der Waals surface area contributed by atoms with E-state index in [-0.39, 0.29) is 48.9 Å². The van der Waals surface area contributed by atoms with E-state index < -0.39 is 12.3 Å². The molecule has 1 saturated heterocycles. The van der Waals surface area contributed by atoms with Crippen LogP contribution in [-0.2, 0) is 16.0 Å². The molecule has 4 rings (SSSR count). The number of benzene rings is 2. The van der Waals surface area contributed by atoms with Gasteiger partial charge in [0.2, 0.25) is 17.7 Å². The highest BCUT2D eigenvalue weighted by atomic mass is 35.5. The Kier molecular flexibility index (Phi) is 6.23. The summed E-state index contributed by atoms with van der Waals surface area (Å²) in [6, 6.07) is 11.7. The zero-order valence-electron chi connectivity index (χ0n) is 16.8. The molecule has 0 aliphatic carbocycles. The second-order valence-corrected chi connectivity index (χ2v) is 7.68. The summed E-state index contributed by atoms with van der Waals surface area (Å²) in [4.78, 5) is 26.0. The standard InChI is InChI=1S/C21H16ClF3N4O4/c22-14-3-1-12(2-4-14)9-17(30)26-20-28-27-19(32-20)13-10-18(31)29(11-13)15-5-7-16(8-6-15)33-21(23,24)25/h1-8,13H,9-11H2,(H,26,28,30). The van der Waals surface area contributed by atoms with Crippen molar-refractivity contribution in [2.75, 3.05) is 16.8 Å². The first-order valence-electron chi connectivity index (χ1n) is 9.70. The van der Waals surface area contributed by atoms with E-state index in [0.29, 0.717) is 10.7 Å². The molecule has 12 heteroatoms. The largest absolute Gasteiger partial charge is 0.573 e. The Hall–Kier alpha value is -3.60. The molecule has 1 aliphatic heterocycles. The number of halogens is 4. The third-order valence-corrected chi connectivity index (χ3v) is 5.07. The molecule has 172 valence electrons. The molecule has 33 heavy (non-hydrogen) atoms. The van der Waals surface area contributed by atoms with Crippen LogP contribution in [-0.4, -0.2) is 34.9 Å². The summed E-state index contributed by atoms with van der Waals surface area (Å²) in [5, 5.41) is 10.8. The van der Waals surface area contributed by atoms with Crippen LogP contribution in [0.2, 0.25) is 5.02 Å². The average Bonchev–Trinajstić information content (AvgIpc) is 3.36. The second kappa shape index (κ2) is 9.10. The maximum atomic E-state index is 12.4. The van der Waals surface area contributed by atoms with Crippen LogP contribution >= 0.6 is 11.6 Å². The molecule has 1 aliphatic rings. The van der Waals surface area contributed by atoms with Crippen molar-refractivity contribution in [1.82, 2.24) is 10.2 Å². The van der Waals surface area contributed by atoms with Crippen molar-refractivity contribution in [2.45, 2.75) is 25.1 Å². The van der Waals surface area contributed by atoms with E-state index >= 15 is 0 Å². The first-order chi connectivity index (χ1) is 15.7. The molecular weight excluding hydrogens is 465 g/mol. The van der Waals surface area contributed by atoms with Gasteiger partial charge in [0.15, 0.2) is 0 Å². The van der Waals surface area contributed by atoms with Crippen LogP contribution in [0.15, 0.2) is 52.9 Å². The third kappa shape index (κ3) is 5.80. The number of amides is 2. The van der Waals surface area contributed by atoms with Gasteiger partial charge in [0.05, 0.1) is 12.3 Å². The van der Waals surface area contributed by atoms with Crippen LogP contribution in [0.3, 0.4) is 0 Å². The number of hydrogen-bond acceptors (Lipinski definition) is 6. The highest BCUT2D eigenvalue weighted by Gasteiger charge is 2.35. The molecule has 0 bridgehead atoms. The molecule has 1 atom stereocenters. The maximum absolute atomic E-state index is 12.4. The molecule has 0 spiro atoms. The number of hydrogen-bond donors (Lipinski definition) is 1. The Balaban J connectivity index is 1.36. The monoisotopic (exact) mass is 480 g/mol. The van der Waals surface area contributed by atoms with Gasteiger partial charge in [-0.05, 0) is 42.0 Å². The fourth-order valence-corrected chi connectivity index (χ4v) is 3.48. The van der Waals surface area contributed by atoms with Crippen LogP contribution in [0, 0.1) is 0 Å². The number of nitrogens with one attached hydrogen (secondary N) is 1. The molecule has 1 unspecified atom stereocenters. The van der Waals surface area contributed by atoms with Crippen molar-refractivity contribution in [3.63, 3.8) is 0 Å². The molecule has 2 heterocycles. The number of anilines is 2. The summed E-state index contributed by atoms with van der Waals surface area (Å²) in [6.07, 6.45) is -4.64. The lowest BCUT2D eigenvalue weighted by Gasteiger charge is -2.17.